The molecule has 5 rings (SSSR count). The number of alkyl halides is 1. The molecule has 2 saturated heterocycles. The van der Waals surface area contributed by atoms with Gasteiger partial charge in [0.2, 0.25) is 0 Å². The molecule has 2 aliphatic heterocycles. The van der Waals surface area contributed by atoms with E-state index in [0.717, 1.165) is 6.42 Å². The molecule has 0 spiro atoms. The zero-order valence-electron chi connectivity index (χ0n) is 17.4. The van der Waals surface area contributed by atoms with Gasteiger partial charge in [-0.25, -0.2) is 14.1 Å². The van der Waals surface area contributed by atoms with Gasteiger partial charge in [0, 0.05) is 29.1 Å². The van der Waals surface area contributed by atoms with Crippen molar-refractivity contribution in [3.05, 3.63) is 49.2 Å². The van der Waals surface area contributed by atoms with Crippen LogP contribution in [0.4, 0.5) is 4.39 Å². The first-order valence-corrected chi connectivity index (χ1v) is 10.4. The van der Waals surface area contributed by atoms with Gasteiger partial charge in [0.25, 0.3) is 0 Å². The first-order valence-electron chi connectivity index (χ1n) is 10.4. The largest absolute Gasteiger partial charge is 0.507 e. The Morgan fingerprint density at radius 2 is 2.16 bits per heavy atom. The minimum Gasteiger partial charge on any atom is -0.507 e. The van der Waals surface area contributed by atoms with Crippen molar-refractivity contribution >= 4 is 5.57 Å². The maximum absolute atomic E-state index is 15.2. The van der Waals surface area contributed by atoms with Gasteiger partial charge in [0.1, 0.15) is 17.6 Å². The number of phenolic OH excluding ortho intramolecular Hbond substituents is 1. The fourth-order valence-corrected chi connectivity index (χ4v) is 5.08. The molecule has 2 bridgehead atoms. The molecule has 2 unspecified atom stereocenters. The SMILES string of the molecule is C=C(c1ncc(-c2ccc(-n3ccnn3)cc2O)nn1)[C@H]1C[C@]2(C)CC(C)C(N2)[C@@H]1F. The van der Waals surface area contributed by atoms with Crippen LogP contribution < -0.4 is 5.32 Å². The minimum absolute atomic E-state index is 0.0244. The molecule has 5 atom stereocenters. The summed E-state index contributed by atoms with van der Waals surface area (Å²) in [5.41, 5.74) is 2.06. The van der Waals surface area contributed by atoms with Crippen LogP contribution in [-0.4, -0.2) is 53.0 Å². The van der Waals surface area contributed by atoms with E-state index in [2.05, 4.69) is 51.2 Å². The molecule has 8 nitrogen and oxygen atoms in total. The highest BCUT2D eigenvalue weighted by Crippen LogP contribution is 2.46. The lowest BCUT2D eigenvalue weighted by Gasteiger charge is -2.39. The highest BCUT2D eigenvalue weighted by atomic mass is 19.1. The third-order valence-electron chi connectivity index (χ3n) is 6.54. The number of halogens is 1. The Balaban J connectivity index is 1.37. The Morgan fingerprint density at radius 1 is 1.32 bits per heavy atom. The van der Waals surface area contributed by atoms with Gasteiger partial charge in [-0.05, 0) is 43.4 Å². The van der Waals surface area contributed by atoms with Crippen molar-refractivity contribution in [3.8, 4) is 22.7 Å². The molecule has 160 valence electrons. The second kappa shape index (κ2) is 7.19. The molecule has 4 heterocycles. The van der Waals surface area contributed by atoms with Gasteiger partial charge in [-0.3, -0.25) is 0 Å². The molecule has 1 aromatic carbocycles. The van der Waals surface area contributed by atoms with Gasteiger partial charge in [-0.1, -0.05) is 18.7 Å². The topological polar surface area (TPSA) is 102 Å². The van der Waals surface area contributed by atoms with E-state index >= 15 is 4.39 Å². The van der Waals surface area contributed by atoms with E-state index in [1.165, 1.54) is 6.20 Å². The summed E-state index contributed by atoms with van der Waals surface area (Å²) in [4.78, 5) is 4.39. The molecular weight excluding hydrogens is 397 g/mol. The number of rotatable bonds is 4. The molecule has 0 amide bonds. The molecule has 3 aromatic rings. The normalized spacial score (nSPS) is 29.8. The zero-order valence-corrected chi connectivity index (χ0v) is 17.4. The van der Waals surface area contributed by atoms with Crippen molar-refractivity contribution in [2.45, 2.75) is 44.4 Å². The Bertz CT molecular complexity index is 1120. The van der Waals surface area contributed by atoms with E-state index in [4.69, 9.17) is 0 Å². The number of aromatic hydroxyl groups is 1. The van der Waals surface area contributed by atoms with Crippen LogP contribution in [0.5, 0.6) is 5.75 Å². The molecule has 2 fully saturated rings. The smallest absolute Gasteiger partial charge is 0.177 e. The number of hydrogen-bond donors (Lipinski definition) is 2. The van der Waals surface area contributed by atoms with E-state index in [0.29, 0.717) is 34.8 Å². The van der Waals surface area contributed by atoms with Crippen LogP contribution in [0.25, 0.3) is 22.5 Å². The van der Waals surface area contributed by atoms with Gasteiger partial charge >= 0.3 is 0 Å². The average molecular weight is 421 g/mol. The van der Waals surface area contributed by atoms with E-state index in [9.17, 15) is 5.11 Å². The fourth-order valence-electron chi connectivity index (χ4n) is 5.08. The van der Waals surface area contributed by atoms with Crippen molar-refractivity contribution < 1.29 is 9.50 Å². The van der Waals surface area contributed by atoms with Crippen LogP contribution in [0.1, 0.15) is 32.5 Å². The number of nitrogens with one attached hydrogen (secondary N) is 1. The molecular formula is C22H24FN7O. The number of hydrogen-bond acceptors (Lipinski definition) is 7. The van der Waals surface area contributed by atoms with Crippen LogP contribution >= 0.6 is 0 Å². The maximum Gasteiger partial charge on any atom is 0.177 e. The van der Waals surface area contributed by atoms with Crippen LogP contribution in [0.15, 0.2) is 43.4 Å². The highest BCUT2D eigenvalue weighted by Gasteiger charge is 2.52. The van der Waals surface area contributed by atoms with Gasteiger partial charge in [0.15, 0.2) is 5.82 Å². The minimum atomic E-state index is -1.03. The summed E-state index contributed by atoms with van der Waals surface area (Å²) in [6.45, 7) is 8.35. The van der Waals surface area contributed by atoms with Gasteiger partial charge in [-0.15, -0.1) is 15.3 Å². The molecule has 31 heavy (non-hydrogen) atoms. The van der Waals surface area contributed by atoms with E-state index in [1.807, 2.05) is 0 Å². The van der Waals surface area contributed by atoms with Crippen LogP contribution in [-0.2, 0) is 0 Å². The van der Waals surface area contributed by atoms with Crippen molar-refractivity contribution in [1.29, 1.82) is 0 Å². The number of benzene rings is 1. The molecule has 2 aliphatic rings. The first-order chi connectivity index (χ1) is 14.8. The lowest BCUT2D eigenvalue weighted by molar-refractivity contribution is 0.127. The van der Waals surface area contributed by atoms with E-state index in [1.54, 1.807) is 35.3 Å². The van der Waals surface area contributed by atoms with Crippen molar-refractivity contribution in [2.75, 3.05) is 0 Å². The summed E-state index contributed by atoms with van der Waals surface area (Å²) >= 11 is 0. The molecule has 9 heteroatoms. The molecule has 0 aliphatic carbocycles. The Morgan fingerprint density at radius 3 is 2.84 bits per heavy atom. The predicted molar refractivity (Wildman–Crippen MR) is 113 cm³/mol. The summed E-state index contributed by atoms with van der Waals surface area (Å²) in [7, 11) is 0. The molecule has 2 aromatic heterocycles. The van der Waals surface area contributed by atoms with Crippen molar-refractivity contribution in [3.63, 3.8) is 0 Å². The van der Waals surface area contributed by atoms with E-state index in [-0.39, 0.29) is 29.2 Å². The van der Waals surface area contributed by atoms with Gasteiger partial charge in [0.05, 0.1) is 24.3 Å². The van der Waals surface area contributed by atoms with Crippen LogP contribution in [0.2, 0.25) is 0 Å². The maximum atomic E-state index is 15.2. The van der Waals surface area contributed by atoms with Gasteiger partial charge < -0.3 is 10.4 Å². The lowest BCUT2D eigenvalue weighted by atomic mass is 9.79. The second-order valence-electron chi connectivity index (χ2n) is 8.91. The Labute approximate surface area is 179 Å². The lowest BCUT2D eigenvalue weighted by Crippen LogP contribution is -2.54. The molecule has 0 radical (unpaired) electrons. The van der Waals surface area contributed by atoms with E-state index < -0.39 is 6.17 Å². The molecule has 2 N–H and O–H groups in total. The van der Waals surface area contributed by atoms with Crippen molar-refractivity contribution in [2.24, 2.45) is 11.8 Å². The summed E-state index contributed by atoms with van der Waals surface area (Å²) in [5.74, 6) is 0.302. The third-order valence-corrected chi connectivity index (χ3v) is 6.54. The summed E-state index contributed by atoms with van der Waals surface area (Å²) in [6, 6.07) is 4.90. The number of piperidine rings is 1. The van der Waals surface area contributed by atoms with Crippen LogP contribution in [0, 0.1) is 11.8 Å². The average Bonchev–Trinajstić information content (AvgIpc) is 3.37. The number of fused-ring (bicyclic) bond motifs is 2. The number of nitrogens with zero attached hydrogens (tertiary/aromatic N) is 6. The quantitative estimate of drug-likeness (QED) is 0.668. The zero-order chi connectivity index (χ0) is 21.8. The Hall–Kier alpha value is -3.20. The first kappa shape index (κ1) is 19.7. The number of aromatic nitrogens is 6. The van der Waals surface area contributed by atoms with Gasteiger partial charge in [-0.2, -0.15) is 0 Å². The third kappa shape index (κ3) is 3.38. The monoisotopic (exact) mass is 421 g/mol. The summed E-state index contributed by atoms with van der Waals surface area (Å²) < 4.78 is 16.7. The van der Waals surface area contributed by atoms with Crippen molar-refractivity contribution in [1.82, 2.24) is 35.5 Å². The number of allylic oxidation sites excluding steroid dienone is 1. The van der Waals surface area contributed by atoms with Crippen LogP contribution in [0.3, 0.4) is 0 Å². The standard InChI is InChI=1S/C22H24FN7O/c1-12-9-22(3)10-16(19(23)20(12)26-22)13(2)21-24-11-17(27-28-21)15-5-4-14(8-18(15)31)30-7-6-25-29-30/h4-8,11-12,16,19-20,26,31H,2,9-10H2,1,3H3/t12?,16-,19-,20?,22+/m1/s1. The summed E-state index contributed by atoms with van der Waals surface area (Å²) in [5, 5.41) is 30.0. The number of phenols is 1. The Kier molecular flexibility index (Phi) is 4.58. The highest BCUT2D eigenvalue weighted by molar-refractivity contribution is 5.68. The predicted octanol–water partition coefficient (Wildman–Crippen LogP) is 2.95. The molecule has 0 saturated carbocycles. The summed E-state index contributed by atoms with van der Waals surface area (Å²) in [6.07, 6.45) is 5.35. The fraction of sp³-hybridized carbons (Fsp3) is 0.409. The second-order valence-corrected chi connectivity index (χ2v) is 8.91.